The first-order valence-electron chi connectivity index (χ1n) is 16.0. The molecule has 8 heteroatoms. The predicted octanol–water partition coefficient (Wildman–Crippen LogP) is 8.40. The minimum atomic E-state index is -2.70. The third-order valence-electron chi connectivity index (χ3n) is 8.29. The van der Waals surface area contributed by atoms with E-state index in [1.807, 2.05) is 0 Å². The summed E-state index contributed by atoms with van der Waals surface area (Å²) < 4.78 is 5.54. The largest absolute Gasteiger partial charge is 0.481 e. The van der Waals surface area contributed by atoms with Gasteiger partial charge in [-0.25, -0.2) is 4.79 Å². The van der Waals surface area contributed by atoms with Gasteiger partial charge in [-0.3, -0.25) is 14.4 Å². The van der Waals surface area contributed by atoms with E-state index in [4.69, 9.17) is 4.74 Å². The van der Waals surface area contributed by atoms with Gasteiger partial charge in [0.05, 0.1) is 0 Å². The van der Waals surface area contributed by atoms with Gasteiger partial charge < -0.3 is 20.1 Å². The third kappa shape index (κ3) is 12.2. The molecule has 0 heterocycles. The number of esters is 1. The zero-order valence-corrected chi connectivity index (χ0v) is 25.8. The molecule has 8 nitrogen and oxygen atoms in total. The molecule has 0 spiro atoms. The molecule has 0 rings (SSSR count). The number of carboxylic acid groups (broad SMARTS) is 3. The van der Waals surface area contributed by atoms with Gasteiger partial charge >= 0.3 is 23.9 Å². The average Bonchev–Trinajstić information content (AvgIpc) is 2.89. The molecule has 0 aromatic heterocycles. The molecule has 0 saturated carbocycles. The van der Waals surface area contributed by atoms with Gasteiger partial charge in [-0.1, -0.05) is 136 Å². The molecule has 0 amide bonds. The van der Waals surface area contributed by atoms with Gasteiger partial charge in [0.2, 0.25) is 5.60 Å². The molecule has 0 aliphatic rings. The van der Waals surface area contributed by atoms with Crippen molar-refractivity contribution in [2.45, 2.75) is 168 Å². The Morgan fingerprint density at radius 1 is 0.575 bits per heavy atom. The molecule has 0 bridgehead atoms. The van der Waals surface area contributed by atoms with Crippen molar-refractivity contribution in [1.82, 2.24) is 0 Å². The fourth-order valence-corrected chi connectivity index (χ4v) is 6.04. The number of rotatable bonds is 27. The molecular formula is C32H58O8. The maximum atomic E-state index is 13.2. The summed E-state index contributed by atoms with van der Waals surface area (Å²) >= 11 is 0. The standard InChI is InChI=1S/C32H58O8/c1-5-8-11-14-17-20-23-27(28(34)35)32(30(38)39,40-26(4)33)31(29(36)37,24-21-18-15-12-9-6-2)25-22-19-16-13-10-7-3/h27H,5-25H2,1-4H3,(H,34,35)(H,36,37)(H,38,39). The molecule has 0 fully saturated rings. The van der Waals surface area contributed by atoms with Gasteiger partial charge in [0.1, 0.15) is 11.3 Å². The molecule has 2 atom stereocenters. The maximum Gasteiger partial charge on any atom is 0.350 e. The zero-order chi connectivity index (χ0) is 30.4. The van der Waals surface area contributed by atoms with Crippen LogP contribution in [0, 0.1) is 11.3 Å². The highest BCUT2D eigenvalue weighted by Gasteiger charge is 2.69. The first kappa shape index (κ1) is 37.9. The third-order valence-corrected chi connectivity index (χ3v) is 8.29. The Hall–Kier alpha value is -2.12. The van der Waals surface area contributed by atoms with Crippen LogP contribution in [0.25, 0.3) is 0 Å². The summed E-state index contributed by atoms with van der Waals surface area (Å²) in [6.45, 7) is 7.33. The van der Waals surface area contributed by atoms with E-state index in [0.29, 0.717) is 38.5 Å². The maximum absolute atomic E-state index is 13.2. The summed E-state index contributed by atoms with van der Waals surface area (Å²) in [6.07, 6.45) is 15.2. The van der Waals surface area contributed by atoms with Crippen LogP contribution in [0.4, 0.5) is 0 Å². The van der Waals surface area contributed by atoms with Crippen LogP contribution in [0.5, 0.6) is 0 Å². The minimum Gasteiger partial charge on any atom is -0.481 e. The van der Waals surface area contributed by atoms with E-state index >= 15 is 0 Å². The minimum absolute atomic E-state index is 0.0523. The normalized spacial score (nSPS) is 13.9. The van der Waals surface area contributed by atoms with Crippen molar-refractivity contribution in [2.75, 3.05) is 0 Å². The zero-order valence-electron chi connectivity index (χ0n) is 25.8. The van der Waals surface area contributed by atoms with Crippen molar-refractivity contribution in [3.63, 3.8) is 0 Å². The second kappa shape index (κ2) is 21.6. The van der Waals surface area contributed by atoms with Crippen LogP contribution in [0.3, 0.4) is 0 Å². The molecule has 234 valence electrons. The van der Waals surface area contributed by atoms with E-state index in [-0.39, 0.29) is 19.3 Å². The monoisotopic (exact) mass is 570 g/mol. The van der Waals surface area contributed by atoms with E-state index < -0.39 is 40.8 Å². The topological polar surface area (TPSA) is 138 Å². The van der Waals surface area contributed by atoms with E-state index in [9.17, 15) is 34.5 Å². The van der Waals surface area contributed by atoms with Gasteiger partial charge in [-0.15, -0.1) is 0 Å². The molecule has 3 N–H and O–H groups in total. The number of carbonyl (C=O) groups excluding carboxylic acids is 1. The van der Waals surface area contributed by atoms with Crippen molar-refractivity contribution in [2.24, 2.45) is 11.3 Å². The lowest BCUT2D eigenvalue weighted by Gasteiger charge is -2.47. The number of unbranched alkanes of at least 4 members (excludes halogenated alkanes) is 15. The second-order valence-electron chi connectivity index (χ2n) is 11.5. The highest BCUT2D eigenvalue weighted by atomic mass is 16.6. The Bertz CT molecular complexity index is 718. The number of hydrogen-bond donors (Lipinski definition) is 3. The quantitative estimate of drug-likeness (QED) is 0.0661. The van der Waals surface area contributed by atoms with Crippen molar-refractivity contribution in [1.29, 1.82) is 0 Å². The fourth-order valence-electron chi connectivity index (χ4n) is 6.04. The molecule has 0 aliphatic carbocycles. The lowest BCUT2D eigenvalue weighted by Crippen LogP contribution is -2.66. The Balaban J connectivity index is 6.50. The van der Waals surface area contributed by atoms with E-state index in [2.05, 4.69) is 20.8 Å². The summed E-state index contributed by atoms with van der Waals surface area (Å²) in [5.74, 6) is -7.16. The molecule has 2 unspecified atom stereocenters. The number of ether oxygens (including phenoxy) is 1. The van der Waals surface area contributed by atoms with Gasteiger partial charge in [0.15, 0.2) is 0 Å². The highest BCUT2D eigenvalue weighted by molar-refractivity contribution is 5.95. The molecule has 40 heavy (non-hydrogen) atoms. The summed E-state index contributed by atoms with van der Waals surface area (Å²) in [4.78, 5) is 51.5. The van der Waals surface area contributed by atoms with Crippen LogP contribution in [-0.2, 0) is 23.9 Å². The summed E-state index contributed by atoms with van der Waals surface area (Å²) in [7, 11) is 0. The molecule has 0 aromatic carbocycles. The van der Waals surface area contributed by atoms with Crippen molar-refractivity contribution in [3.05, 3.63) is 0 Å². The lowest BCUT2D eigenvalue weighted by molar-refractivity contribution is -0.220. The van der Waals surface area contributed by atoms with Crippen LogP contribution in [0.15, 0.2) is 0 Å². The van der Waals surface area contributed by atoms with Crippen LogP contribution in [0.2, 0.25) is 0 Å². The van der Waals surface area contributed by atoms with Gasteiger partial charge in [0.25, 0.3) is 0 Å². The van der Waals surface area contributed by atoms with Gasteiger partial charge in [-0.05, 0) is 19.3 Å². The predicted molar refractivity (Wildman–Crippen MR) is 157 cm³/mol. The Morgan fingerprint density at radius 3 is 1.27 bits per heavy atom. The van der Waals surface area contributed by atoms with E-state index in [0.717, 1.165) is 84.0 Å². The van der Waals surface area contributed by atoms with Crippen LogP contribution < -0.4 is 0 Å². The molecule has 0 aliphatic heterocycles. The Kier molecular flexibility index (Phi) is 20.5. The van der Waals surface area contributed by atoms with Crippen LogP contribution in [-0.4, -0.2) is 44.8 Å². The van der Waals surface area contributed by atoms with Gasteiger partial charge in [-0.2, -0.15) is 0 Å². The highest BCUT2D eigenvalue weighted by Crippen LogP contribution is 2.50. The number of hydrogen-bond acceptors (Lipinski definition) is 5. The molecular weight excluding hydrogens is 512 g/mol. The first-order valence-corrected chi connectivity index (χ1v) is 16.0. The van der Waals surface area contributed by atoms with E-state index in [1.165, 1.54) is 0 Å². The molecule has 0 saturated heterocycles. The van der Waals surface area contributed by atoms with Gasteiger partial charge in [0, 0.05) is 6.92 Å². The summed E-state index contributed by atoms with van der Waals surface area (Å²) in [5, 5.41) is 31.8. The Morgan fingerprint density at radius 2 is 0.950 bits per heavy atom. The average molecular weight is 571 g/mol. The van der Waals surface area contributed by atoms with Crippen molar-refractivity contribution >= 4 is 23.9 Å². The first-order chi connectivity index (χ1) is 19.1. The SMILES string of the molecule is CCCCCCCCC(C(=O)O)C(OC(C)=O)(C(=O)O)C(CCCCCCCC)(CCCCCCCC)C(=O)O. The summed E-state index contributed by atoms with van der Waals surface area (Å²) in [6, 6.07) is 0. The number of carboxylic acids is 3. The number of carbonyl (C=O) groups is 4. The van der Waals surface area contributed by atoms with Crippen molar-refractivity contribution < 1.29 is 39.2 Å². The second-order valence-corrected chi connectivity index (χ2v) is 11.5. The summed E-state index contributed by atoms with van der Waals surface area (Å²) in [5.41, 5.74) is -4.75. The van der Waals surface area contributed by atoms with E-state index in [1.54, 1.807) is 0 Å². The van der Waals surface area contributed by atoms with Crippen LogP contribution in [0.1, 0.15) is 163 Å². The van der Waals surface area contributed by atoms with Crippen LogP contribution >= 0.6 is 0 Å². The lowest BCUT2D eigenvalue weighted by atomic mass is 9.59. The van der Waals surface area contributed by atoms with Crippen molar-refractivity contribution in [3.8, 4) is 0 Å². The molecule has 0 aromatic rings. The number of aliphatic carboxylic acids is 3. The smallest absolute Gasteiger partial charge is 0.350 e. The fraction of sp³-hybridized carbons (Fsp3) is 0.875. The molecule has 0 radical (unpaired) electrons. The Labute approximate surface area is 242 Å².